The van der Waals surface area contributed by atoms with Crippen molar-refractivity contribution in [3.63, 3.8) is 0 Å². The van der Waals surface area contributed by atoms with Crippen molar-refractivity contribution in [3.8, 4) is 0 Å². The quantitative estimate of drug-likeness (QED) is 0.775. The first-order chi connectivity index (χ1) is 10.1. The number of imide groups is 1. The molecular formula is C15H17N3O3. The predicted octanol–water partition coefficient (Wildman–Crippen LogP) is 0.459. The predicted molar refractivity (Wildman–Crippen MR) is 76.6 cm³/mol. The van der Waals surface area contributed by atoms with Crippen molar-refractivity contribution < 1.29 is 14.4 Å². The number of nitrogens with one attached hydrogen (secondary N) is 2. The summed E-state index contributed by atoms with van der Waals surface area (Å²) in [5.74, 6) is -0.906. The normalized spacial score (nSPS) is 24.3. The van der Waals surface area contributed by atoms with E-state index >= 15 is 0 Å². The lowest BCUT2D eigenvalue weighted by atomic mass is 9.96. The third kappa shape index (κ3) is 2.49. The van der Waals surface area contributed by atoms with E-state index in [-0.39, 0.29) is 18.4 Å². The molecule has 3 amide bonds. The third-order valence-electron chi connectivity index (χ3n) is 4.10. The summed E-state index contributed by atoms with van der Waals surface area (Å²) in [6, 6.07) is 7.29. The smallest absolute Gasteiger partial charge is 0.249 e. The molecule has 1 aromatic carbocycles. The molecule has 1 saturated heterocycles. The molecule has 2 atom stereocenters. The van der Waals surface area contributed by atoms with E-state index in [0.29, 0.717) is 13.0 Å². The fourth-order valence-electron chi connectivity index (χ4n) is 2.89. The number of benzene rings is 1. The van der Waals surface area contributed by atoms with Crippen molar-refractivity contribution in [2.45, 2.75) is 25.3 Å². The van der Waals surface area contributed by atoms with Gasteiger partial charge in [0, 0.05) is 24.6 Å². The highest BCUT2D eigenvalue weighted by Crippen LogP contribution is 2.33. The second-order valence-electron chi connectivity index (χ2n) is 5.48. The van der Waals surface area contributed by atoms with Gasteiger partial charge in [0.25, 0.3) is 0 Å². The van der Waals surface area contributed by atoms with Gasteiger partial charge in [-0.3, -0.25) is 19.7 Å². The number of amides is 3. The minimum atomic E-state index is -0.597. The molecule has 0 aliphatic carbocycles. The van der Waals surface area contributed by atoms with Crippen molar-refractivity contribution in [3.05, 3.63) is 29.8 Å². The van der Waals surface area contributed by atoms with Crippen LogP contribution in [0.5, 0.6) is 0 Å². The van der Waals surface area contributed by atoms with Gasteiger partial charge >= 0.3 is 0 Å². The standard InChI is InChI=1S/C15H17N3O3/c1-9-15(21)17-13(19)8-18(9)14(20)6-10-7-16-12-5-3-2-4-11(10)12/h2-5,9-10,16H,6-8H2,1H3,(H,17,19,21). The molecule has 21 heavy (non-hydrogen) atoms. The second-order valence-corrected chi connectivity index (χ2v) is 5.48. The first kappa shape index (κ1) is 13.6. The molecule has 2 aliphatic rings. The zero-order valence-corrected chi connectivity index (χ0v) is 11.8. The molecule has 0 saturated carbocycles. The Morgan fingerprint density at radius 2 is 2.10 bits per heavy atom. The minimum absolute atomic E-state index is 0.0481. The molecule has 2 heterocycles. The number of carbonyl (C=O) groups excluding carboxylic acids is 3. The summed E-state index contributed by atoms with van der Waals surface area (Å²) in [7, 11) is 0. The summed E-state index contributed by atoms with van der Waals surface area (Å²) in [4.78, 5) is 36.8. The maximum atomic E-state index is 12.4. The van der Waals surface area contributed by atoms with Crippen LogP contribution < -0.4 is 10.6 Å². The van der Waals surface area contributed by atoms with E-state index in [1.54, 1.807) is 6.92 Å². The van der Waals surface area contributed by atoms with Gasteiger partial charge < -0.3 is 10.2 Å². The van der Waals surface area contributed by atoms with Gasteiger partial charge in [-0.2, -0.15) is 0 Å². The van der Waals surface area contributed by atoms with Crippen molar-refractivity contribution in [2.24, 2.45) is 0 Å². The Kier molecular flexibility index (Phi) is 3.37. The van der Waals surface area contributed by atoms with E-state index in [9.17, 15) is 14.4 Å². The Morgan fingerprint density at radius 3 is 2.90 bits per heavy atom. The van der Waals surface area contributed by atoms with Crippen LogP contribution in [0.2, 0.25) is 0 Å². The number of carbonyl (C=O) groups is 3. The van der Waals surface area contributed by atoms with Gasteiger partial charge in [0.15, 0.2) is 0 Å². The summed E-state index contributed by atoms with van der Waals surface area (Å²) < 4.78 is 0. The Hall–Kier alpha value is -2.37. The zero-order chi connectivity index (χ0) is 15.0. The highest BCUT2D eigenvalue weighted by atomic mass is 16.2. The topological polar surface area (TPSA) is 78.5 Å². The van der Waals surface area contributed by atoms with Crippen LogP contribution in [0.25, 0.3) is 0 Å². The van der Waals surface area contributed by atoms with Crippen LogP contribution in [-0.2, 0) is 14.4 Å². The molecule has 6 nitrogen and oxygen atoms in total. The fourth-order valence-corrected chi connectivity index (χ4v) is 2.89. The first-order valence-electron chi connectivity index (χ1n) is 7.02. The van der Waals surface area contributed by atoms with Crippen LogP contribution in [0.4, 0.5) is 5.69 Å². The minimum Gasteiger partial charge on any atom is -0.384 e. The van der Waals surface area contributed by atoms with Crippen LogP contribution in [0.15, 0.2) is 24.3 Å². The summed E-state index contributed by atoms with van der Waals surface area (Å²) in [6.45, 7) is 2.29. The van der Waals surface area contributed by atoms with Gasteiger partial charge in [0.05, 0.1) is 0 Å². The van der Waals surface area contributed by atoms with Gasteiger partial charge in [-0.1, -0.05) is 18.2 Å². The van der Waals surface area contributed by atoms with Crippen molar-refractivity contribution in [2.75, 3.05) is 18.4 Å². The van der Waals surface area contributed by atoms with Crippen molar-refractivity contribution >= 4 is 23.4 Å². The van der Waals surface area contributed by atoms with Gasteiger partial charge in [-0.15, -0.1) is 0 Å². The maximum Gasteiger partial charge on any atom is 0.249 e. The van der Waals surface area contributed by atoms with Crippen molar-refractivity contribution in [1.82, 2.24) is 10.2 Å². The van der Waals surface area contributed by atoms with Gasteiger partial charge in [-0.25, -0.2) is 0 Å². The van der Waals surface area contributed by atoms with Gasteiger partial charge in [0.2, 0.25) is 17.7 Å². The van der Waals surface area contributed by atoms with Crippen LogP contribution in [0.1, 0.15) is 24.8 Å². The highest BCUT2D eigenvalue weighted by Gasteiger charge is 2.35. The van der Waals surface area contributed by atoms with E-state index in [4.69, 9.17) is 0 Å². The molecular weight excluding hydrogens is 270 g/mol. The third-order valence-corrected chi connectivity index (χ3v) is 4.10. The lowest BCUT2D eigenvalue weighted by Crippen LogP contribution is -2.58. The lowest BCUT2D eigenvalue weighted by molar-refractivity contribution is -0.149. The average molecular weight is 287 g/mol. The van der Waals surface area contributed by atoms with Crippen molar-refractivity contribution in [1.29, 1.82) is 0 Å². The van der Waals surface area contributed by atoms with E-state index in [2.05, 4.69) is 10.6 Å². The number of fused-ring (bicyclic) bond motifs is 1. The number of para-hydroxylation sites is 1. The molecule has 0 bridgehead atoms. The number of rotatable bonds is 2. The zero-order valence-electron chi connectivity index (χ0n) is 11.8. The fraction of sp³-hybridized carbons (Fsp3) is 0.400. The van der Waals surface area contributed by atoms with Gasteiger partial charge in [0.1, 0.15) is 12.6 Å². The molecule has 3 rings (SSSR count). The molecule has 2 aliphatic heterocycles. The second kappa shape index (κ2) is 5.20. The highest BCUT2D eigenvalue weighted by molar-refractivity contribution is 6.04. The summed E-state index contributed by atoms with van der Waals surface area (Å²) >= 11 is 0. The number of anilines is 1. The molecule has 6 heteroatoms. The maximum absolute atomic E-state index is 12.4. The lowest BCUT2D eigenvalue weighted by Gasteiger charge is -2.32. The Balaban J connectivity index is 1.72. The van der Waals surface area contributed by atoms with Gasteiger partial charge in [-0.05, 0) is 18.6 Å². The Labute approximate surface area is 122 Å². The van der Waals surface area contributed by atoms with E-state index in [0.717, 1.165) is 11.3 Å². The average Bonchev–Trinajstić information content (AvgIpc) is 2.86. The molecule has 2 unspecified atom stereocenters. The number of hydrogen-bond acceptors (Lipinski definition) is 4. The molecule has 1 aromatic rings. The molecule has 1 fully saturated rings. The Bertz CT molecular complexity index is 614. The van der Waals surface area contributed by atoms with E-state index in [1.165, 1.54) is 4.90 Å². The summed E-state index contributed by atoms with van der Waals surface area (Å²) in [5.41, 5.74) is 2.17. The number of nitrogens with zero attached hydrogens (tertiary/aromatic N) is 1. The summed E-state index contributed by atoms with van der Waals surface area (Å²) in [5, 5.41) is 5.51. The molecule has 2 N–H and O–H groups in total. The van der Waals surface area contributed by atoms with Crippen LogP contribution in [0, 0.1) is 0 Å². The summed E-state index contributed by atoms with van der Waals surface area (Å²) in [6.07, 6.45) is 0.301. The van der Waals surface area contributed by atoms with Crippen LogP contribution >= 0.6 is 0 Å². The van der Waals surface area contributed by atoms with E-state index in [1.807, 2.05) is 24.3 Å². The molecule has 0 aromatic heterocycles. The van der Waals surface area contributed by atoms with Crippen LogP contribution in [0.3, 0.4) is 0 Å². The number of hydrogen-bond donors (Lipinski definition) is 2. The van der Waals surface area contributed by atoms with Crippen LogP contribution in [-0.4, -0.2) is 41.8 Å². The molecule has 0 radical (unpaired) electrons. The largest absolute Gasteiger partial charge is 0.384 e. The number of piperazine rings is 1. The first-order valence-corrected chi connectivity index (χ1v) is 7.02. The van der Waals surface area contributed by atoms with E-state index < -0.39 is 17.9 Å². The molecule has 0 spiro atoms. The Morgan fingerprint density at radius 1 is 1.33 bits per heavy atom. The molecule has 110 valence electrons. The monoisotopic (exact) mass is 287 g/mol. The SMILES string of the molecule is CC1C(=O)NC(=O)CN1C(=O)CC1CNc2ccccc21.